The molecule has 0 saturated carbocycles. The van der Waals surface area contributed by atoms with Crippen LogP contribution in [0.3, 0.4) is 0 Å². The van der Waals surface area contributed by atoms with Gasteiger partial charge in [0.05, 0.1) is 6.26 Å². The average Bonchev–Trinajstić information content (AvgIpc) is 3.59. The topological polar surface area (TPSA) is 30.2 Å². The Kier molecular flexibility index (Phi) is 6.10. The Labute approximate surface area is 250 Å². The molecule has 0 bridgehead atoms. The van der Waals surface area contributed by atoms with Gasteiger partial charge in [-0.2, -0.15) is 0 Å². The third kappa shape index (κ3) is 3.91. The smallest absolute Gasteiger partial charge is 0.194 e. The Balaban J connectivity index is 1.57. The molecule has 0 aliphatic carbocycles. The van der Waals surface area contributed by atoms with E-state index in [1.165, 1.54) is 10.8 Å². The first-order valence-corrected chi connectivity index (χ1v) is 16.2. The van der Waals surface area contributed by atoms with E-state index in [4.69, 9.17) is 4.42 Å². The van der Waals surface area contributed by atoms with E-state index in [-0.39, 0.29) is 5.78 Å². The molecule has 2 heterocycles. The molecule has 0 radical (unpaired) electrons. The summed E-state index contributed by atoms with van der Waals surface area (Å²) < 4.78 is 6.58. The molecule has 1 aliphatic rings. The van der Waals surface area contributed by atoms with Gasteiger partial charge >= 0.3 is 0 Å². The van der Waals surface area contributed by atoms with Gasteiger partial charge in [0.15, 0.2) is 5.78 Å². The molecule has 6 aromatic carbocycles. The summed E-state index contributed by atoms with van der Waals surface area (Å²) in [5.41, 5.74) is 4.66. The van der Waals surface area contributed by atoms with Crippen molar-refractivity contribution >= 4 is 61.2 Å². The molecule has 204 valence electrons. The van der Waals surface area contributed by atoms with E-state index in [0.29, 0.717) is 5.56 Å². The fraction of sp³-hybridized carbons (Fsp3) is 0. The van der Waals surface area contributed by atoms with E-state index in [0.717, 1.165) is 48.9 Å². The van der Waals surface area contributed by atoms with Crippen LogP contribution in [0.4, 0.5) is 0 Å². The lowest BCUT2D eigenvalue weighted by atomic mass is 9.89. The largest absolute Gasteiger partial charge is 0.463 e. The first-order chi connectivity index (χ1) is 21.3. The quantitative estimate of drug-likeness (QED) is 0.118. The minimum absolute atomic E-state index is 0.0197. The maximum Gasteiger partial charge on any atom is 0.194 e. The zero-order valence-corrected chi connectivity index (χ0v) is 24.2. The molecular weight excluding hydrogens is 543 g/mol. The van der Waals surface area contributed by atoms with Gasteiger partial charge in [0.1, 0.15) is 5.50 Å². The van der Waals surface area contributed by atoms with Crippen molar-refractivity contribution < 1.29 is 9.21 Å². The normalized spacial score (nSPS) is 14.0. The highest BCUT2D eigenvalue weighted by atomic mass is 31.2. The number of hydrogen-bond acceptors (Lipinski definition) is 2. The molecule has 2 nitrogen and oxygen atoms in total. The lowest BCUT2D eigenvalue weighted by Gasteiger charge is -2.33. The molecule has 0 spiro atoms. The van der Waals surface area contributed by atoms with E-state index in [1.54, 1.807) is 6.26 Å². The summed E-state index contributed by atoms with van der Waals surface area (Å²) in [5, 5.41) is 7.67. The number of Topliss-reactive ketones (excluding diaryl/α,β-unsaturated/α-hetero) is 1. The van der Waals surface area contributed by atoms with Crippen LogP contribution in [0.15, 0.2) is 168 Å². The van der Waals surface area contributed by atoms with Crippen molar-refractivity contribution in [3.05, 3.63) is 181 Å². The number of rotatable bonds is 5. The Hall–Kier alpha value is -5.17. The van der Waals surface area contributed by atoms with Crippen LogP contribution in [0.25, 0.3) is 27.1 Å². The van der Waals surface area contributed by atoms with Gasteiger partial charge in [0, 0.05) is 23.3 Å². The minimum atomic E-state index is -2.71. The van der Waals surface area contributed by atoms with E-state index in [2.05, 4.69) is 115 Å². The van der Waals surface area contributed by atoms with Gasteiger partial charge in [-0.05, 0) is 61.5 Å². The maximum absolute atomic E-state index is 14.9. The van der Waals surface area contributed by atoms with Crippen molar-refractivity contribution in [2.24, 2.45) is 0 Å². The molecule has 0 N–H and O–H groups in total. The van der Waals surface area contributed by atoms with E-state index in [1.807, 2.05) is 42.5 Å². The summed E-state index contributed by atoms with van der Waals surface area (Å²) in [6, 6.07) is 51.9. The molecule has 43 heavy (non-hydrogen) atoms. The number of benzene rings is 6. The van der Waals surface area contributed by atoms with E-state index >= 15 is 0 Å². The molecule has 1 aliphatic heterocycles. The molecule has 0 saturated heterocycles. The number of allylic oxidation sites excluding steroid dienone is 1. The van der Waals surface area contributed by atoms with Crippen molar-refractivity contribution in [3.63, 3.8) is 0 Å². The SMILES string of the molecule is O=C(C1=P(c2ccccc2)(c2ccccc2)c2occc2C(c2cc3ccccc3c3ccccc23)=C1)c1ccccc1. The molecular formula is C40H27O2P. The van der Waals surface area contributed by atoms with Crippen molar-refractivity contribution in [2.75, 3.05) is 0 Å². The zero-order valence-electron chi connectivity index (χ0n) is 23.4. The second-order valence-electron chi connectivity index (χ2n) is 10.8. The standard InChI is InChI=1S/C40H27O2P/c41-39(28-14-4-1-5-15-28)38-27-37(36-26-29-16-10-11-21-32(29)33-22-12-13-23-34(33)36)35-24-25-42-40(35)43(38,30-17-6-2-7-18-30)31-19-8-3-9-20-31/h1-27H. The van der Waals surface area contributed by atoms with Gasteiger partial charge in [-0.25, -0.2) is 0 Å². The predicted molar refractivity (Wildman–Crippen MR) is 182 cm³/mol. The van der Waals surface area contributed by atoms with Crippen molar-refractivity contribution in [1.82, 2.24) is 0 Å². The maximum atomic E-state index is 14.9. The number of fused-ring (bicyclic) bond motifs is 4. The Morgan fingerprint density at radius 3 is 1.77 bits per heavy atom. The van der Waals surface area contributed by atoms with Crippen molar-refractivity contribution in [3.8, 4) is 0 Å². The molecule has 8 rings (SSSR count). The molecule has 1 aromatic heterocycles. The van der Waals surface area contributed by atoms with Crippen LogP contribution in [-0.2, 0) is 0 Å². The predicted octanol–water partition coefficient (Wildman–Crippen LogP) is 8.38. The third-order valence-electron chi connectivity index (χ3n) is 8.50. The Morgan fingerprint density at radius 2 is 1.09 bits per heavy atom. The van der Waals surface area contributed by atoms with Crippen LogP contribution in [0.2, 0.25) is 0 Å². The molecule has 0 atom stereocenters. The number of carbonyl (C=O) groups excluding carboxylic acids is 1. The molecule has 7 aromatic rings. The van der Waals surface area contributed by atoms with Crippen LogP contribution in [0.5, 0.6) is 0 Å². The molecule has 3 heteroatoms. The van der Waals surface area contributed by atoms with Crippen molar-refractivity contribution in [2.45, 2.75) is 0 Å². The lowest BCUT2D eigenvalue weighted by molar-refractivity contribution is 0.106. The fourth-order valence-electron chi connectivity index (χ4n) is 6.61. The Bertz CT molecular complexity index is 2200. The Morgan fingerprint density at radius 1 is 0.535 bits per heavy atom. The summed E-state index contributed by atoms with van der Waals surface area (Å²) in [7, 11) is 0. The van der Waals surface area contributed by atoms with Crippen LogP contribution in [0, 0.1) is 0 Å². The second-order valence-corrected chi connectivity index (χ2v) is 14.1. The summed E-state index contributed by atoms with van der Waals surface area (Å²) >= 11 is 0. The highest BCUT2D eigenvalue weighted by Crippen LogP contribution is 2.53. The number of hydrogen-bond donors (Lipinski definition) is 0. The van der Waals surface area contributed by atoms with E-state index < -0.39 is 6.89 Å². The number of furan rings is 1. The zero-order chi connectivity index (χ0) is 28.8. The summed E-state index contributed by atoms with van der Waals surface area (Å²) in [5.74, 6) is 0.0197. The van der Waals surface area contributed by atoms with Gasteiger partial charge in [-0.1, -0.05) is 140 Å². The van der Waals surface area contributed by atoms with Gasteiger partial charge in [-0.3, -0.25) is 4.79 Å². The molecule has 0 amide bonds. The number of ketones is 1. The molecule has 0 unspecified atom stereocenters. The van der Waals surface area contributed by atoms with Crippen molar-refractivity contribution in [1.29, 1.82) is 0 Å². The van der Waals surface area contributed by atoms with Gasteiger partial charge in [0.2, 0.25) is 0 Å². The minimum Gasteiger partial charge on any atom is -0.463 e. The summed E-state index contributed by atoms with van der Waals surface area (Å²) in [4.78, 5) is 14.9. The van der Waals surface area contributed by atoms with Crippen LogP contribution in [0.1, 0.15) is 21.5 Å². The van der Waals surface area contributed by atoms with Gasteiger partial charge in [-0.15, -0.1) is 0 Å². The second kappa shape index (κ2) is 10.3. The number of carbonyl (C=O) groups is 1. The monoisotopic (exact) mass is 570 g/mol. The summed E-state index contributed by atoms with van der Waals surface area (Å²) in [6.07, 6.45) is 3.97. The summed E-state index contributed by atoms with van der Waals surface area (Å²) in [6.45, 7) is -2.71. The fourth-order valence-corrected chi connectivity index (χ4v) is 10.9. The lowest BCUT2D eigenvalue weighted by Crippen LogP contribution is -2.35. The van der Waals surface area contributed by atoms with Gasteiger partial charge < -0.3 is 4.42 Å². The molecule has 0 fully saturated rings. The van der Waals surface area contributed by atoms with E-state index in [9.17, 15) is 4.79 Å². The van der Waals surface area contributed by atoms with Crippen LogP contribution < -0.4 is 16.1 Å². The highest BCUT2D eigenvalue weighted by molar-refractivity contribution is 7.96. The highest BCUT2D eigenvalue weighted by Gasteiger charge is 2.40. The first kappa shape index (κ1) is 25.5. The van der Waals surface area contributed by atoms with Crippen LogP contribution in [-0.4, -0.2) is 11.1 Å². The van der Waals surface area contributed by atoms with Crippen LogP contribution >= 0.6 is 6.89 Å². The first-order valence-electron chi connectivity index (χ1n) is 14.5. The van der Waals surface area contributed by atoms with Gasteiger partial charge in [0.25, 0.3) is 0 Å². The average molecular weight is 571 g/mol. The third-order valence-corrected chi connectivity index (χ3v) is 12.7.